The molecule has 1 rings (SSSR count). The molecule has 0 spiro atoms. The van der Waals surface area contributed by atoms with Crippen LogP contribution in [-0.4, -0.2) is 28.3 Å². The Morgan fingerprint density at radius 2 is 1.88 bits per heavy atom. The van der Waals surface area contributed by atoms with Crippen molar-refractivity contribution in [2.24, 2.45) is 11.8 Å². The SMILES string of the molecule is CC1CCCC(C)C1NCCC(C)S(C)=O. The summed E-state index contributed by atoms with van der Waals surface area (Å²) in [5, 5.41) is 3.99. The van der Waals surface area contributed by atoms with Gasteiger partial charge < -0.3 is 5.32 Å². The van der Waals surface area contributed by atoms with Crippen LogP contribution < -0.4 is 5.32 Å². The molecule has 1 fully saturated rings. The quantitative estimate of drug-likeness (QED) is 0.806. The summed E-state index contributed by atoms with van der Waals surface area (Å²) in [4.78, 5) is 0. The summed E-state index contributed by atoms with van der Waals surface area (Å²) in [6, 6.07) is 0.672. The molecule has 0 aromatic heterocycles. The maximum absolute atomic E-state index is 11.2. The normalized spacial score (nSPS) is 34.6. The zero-order valence-electron chi connectivity index (χ0n) is 11.2. The third kappa shape index (κ3) is 4.17. The van der Waals surface area contributed by atoms with Gasteiger partial charge in [0.05, 0.1) is 0 Å². The molecule has 0 radical (unpaired) electrons. The number of hydrogen-bond acceptors (Lipinski definition) is 2. The Kier molecular flexibility index (Phi) is 5.98. The van der Waals surface area contributed by atoms with Crippen LogP contribution in [0.25, 0.3) is 0 Å². The molecule has 96 valence electrons. The van der Waals surface area contributed by atoms with Gasteiger partial charge in [-0.1, -0.05) is 27.2 Å². The van der Waals surface area contributed by atoms with Crippen molar-refractivity contribution < 1.29 is 4.21 Å². The van der Waals surface area contributed by atoms with Crippen LogP contribution >= 0.6 is 0 Å². The fourth-order valence-electron chi connectivity index (χ4n) is 2.70. The van der Waals surface area contributed by atoms with Crippen LogP contribution in [-0.2, 0) is 10.8 Å². The van der Waals surface area contributed by atoms with Crippen LogP contribution in [0.1, 0.15) is 46.5 Å². The molecular weight excluding hydrogens is 218 g/mol. The molecule has 0 heterocycles. The van der Waals surface area contributed by atoms with Gasteiger partial charge in [-0.25, -0.2) is 0 Å². The fourth-order valence-corrected chi connectivity index (χ4v) is 3.15. The van der Waals surface area contributed by atoms with Crippen molar-refractivity contribution in [1.29, 1.82) is 0 Å². The van der Waals surface area contributed by atoms with Gasteiger partial charge >= 0.3 is 0 Å². The second-order valence-electron chi connectivity index (χ2n) is 5.46. The monoisotopic (exact) mass is 245 g/mol. The van der Waals surface area contributed by atoms with E-state index in [-0.39, 0.29) is 0 Å². The second-order valence-corrected chi connectivity index (χ2v) is 7.27. The van der Waals surface area contributed by atoms with E-state index in [2.05, 4.69) is 26.1 Å². The molecule has 0 aromatic rings. The largest absolute Gasteiger partial charge is 0.313 e. The highest BCUT2D eigenvalue weighted by atomic mass is 32.2. The van der Waals surface area contributed by atoms with E-state index >= 15 is 0 Å². The number of rotatable bonds is 5. The Morgan fingerprint density at radius 3 is 2.38 bits per heavy atom. The molecular formula is C13H27NOS. The molecule has 4 atom stereocenters. The molecule has 16 heavy (non-hydrogen) atoms. The maximum Gasteiger partial charge on any atom is 0.0329 e. The van der Waals surface area contributed by atoms with E-state index < -0.39 is 10.8 Å². The zero-order valence-corrected chi connectivity index (χ0v) is 12.0. The van der Waals surface area contributed by atoms with Gasteiger partial charge in [-0.3, -0.25) is 4.21 Å². The fraction of sp³-hybridized carbons (Fsp3) is 1.00. The summed E-state index contributed by atoms with van der Waals surface area (Å²) in [6.45, 7) is 7.80. The van der Waals surface area contributed by atoms with Gasteiger partial charge in [0.25, 0.3) is 0 Å². The molecule has 0 amide bonds. The highest BCUT2D eigenvalue weighted by Crippen LogP contribution is 2.28. The van der Waals surface area contributed by atoms with Crippen LogP contribution in [0.5, 0.6) is 0 Å². The first-order valence-corrected chi connectivity index (χ1v) is 8.20. The van der Waals surface area contributed by atoms with Gasteiger partial charge in [-0.15, -0.1) is 0 Å². The van der Waals surface area contributed by atoms with E-state index in [9.17, 15) is 4.21 Å². The van der Waals surface area contributed by atoms with Crippen LogP contribution in [0.2, 0.25) is 0 Å². The highest BCUT2D eigenvalue weighted by molar-refractivity contribution is 7.84. The van der Waals surface area contributed by atoms with Crippen molar-refractivity contribution in [2.75, 3.05) is 12.8 Å². The van der Waals surface area contributed by atoms with Crippen LogP contribution in [0.4, 0.5) is 0 Å². The Bertz CT molecular complexity index is 222. The molecule has 2 nitrogen and oxygen atoms in total. The van der Waals surface area contributed by atoms with E-state index in [1.807, 2.05) is 0 Å². The Hall–Kier alpha value is 0.110. The summed E-state index contributed by atoms with van der Waals surface area (Å²) in [6.07, 6.45) is 6.93. The Labute approximate surface area is 103 Å². The minimum atomic E-state index is -0.674. The van der Waals surface area contributed by atoms with Gasteiger partial charge in [0, 0.05) is 28.3 Å². The average Bonchev–Trinajstić information content (AvgIpc) is 2.22. The average molecular weight is 245 g/mol. The number of nitrogens with one attached hydrogen (secondary N) is 1. The molecule has 0 aromatic carbocycles. The van der Waals surface area contributed by atoms with Gasteiger partial charge in [-0.2, -0.15) is 0 Å². The lowest BCUT2D eigenvalue weighted by Gasteiger charge is -2.35. The summed E-state index contributed by atoms with van der Waals surface area (Å²) >= 11 is 0. The summed E-state index contributed by atoms with van der Waals surface area (Å²) in [5.74, 6) is 1.59. The first kappa shape index (κ1) is 14.2. The Morgan fingerprint density at radius 1 is 1.31 bits per heavy atom. The van der Waals surface area contributed by atoms with Gasteiger partial charge in [-0.05, 0) is 37.6 Å². The predicted molar refractivity (Wildman–Crippen MR) is 72.1 cm³/mol. The Balaban J connectivity index is 2.27. The summed E-state index contributed by atoms with van der Waals surface area (Å²) < 4.78 is 11.2. The van der Waals surface area contributed by atoms with Crippen molar-refractivity contribution in [3.8, 4) is 0 Å². The number of hydrogen-bond donors (Lipinski definition) is 1. The first-order chi connectivity index (χ1) is 7.52. The van der Waals surface area contributed by atoms with Crippen LogP contribution in [0.3, 0.4) is 0 Å². The summed E-state index contributed by atoms with van der Waals surface area (Å²) in [7, 11) is -0.674. The molecule has 1 aliphatic rings. The van der Waals surface area contributed by atoms with Gasteiger partial charge in [0.15, 0.2) is 0 Å². The lowest BCUT2D eigenvalue weighted by Crippen LogP contribution is -2.43. The lowest BCUT2D eigenvalue weighted by molar-refractivity contribution is 0.209. The van der Waals surface area contributed by atoms with E-state index in [0.29, 0.717) is 11.3 Å². The predicted octanol–water partition coefficient (Wildman–Crippen LogP) is 2.56. The molecule has 0 bridgehead atoms. The van der Waals surface area contributed by atoms with Crippen molar-refractivity contribution in [2.45, 2.75) is 57.7 Å². The summed E-state index contributed by atoms with van der Waals surface area (Å²) in [5.41, 5.74) is 0. The minimum Gasteiger partial charge on any atom is -0.313 e. The van der Waals surface area contributed by atoms with E-state index in [1.54, 1.807) is 6.26 Å². The van der Waals surface area contributed by atoms with Crippen molar-refractivity contribution in [3.63, 3.8) is 0 Å². The molecule has 0 saturated heterocycles. The lowest BCUT2D eigenvalue weighted by atomic mass is 9.79. The van der Waals surface area contributed by atoms with Crippen LogP contribution in [0, 0.1) is 11.8 Å². The van der Waals surface area contributed by atoms with E-state index in [0.717, 1.165) is 24.8 Å². The molecule has 0 aliphatic heterocycles. The molecule has 1 N–H and O–H groups in total. The smallest absolute Gasteiger partial charge is 0.0329 e. The highest BCUT2D eigenvalue weighted by Gasteiger charge is 2.26. The van der Waals surface area contributed by atoms with Crippen LogP contribution in [0.15, 0.2) is 0 Å². The molecule has 4 unspecified atom stereocenters. The molecule has 3 heteroatoms. The maximum atomic E-state index is 11.2. The van der Waals surface area contributed by atoms with Crippen molar-refractivity contribution in [1.82, 2.24) is 5.32 Å². The van der Waals surface area contributed by atoms with E-state index in [4.69, 9.17) is 0 Å². The minimum absolute atomic E-state index is 0.321. The van der Waals surface area contributed by atoms with E-state index in [1.165, 1.54) is 19.3 Å². The second kappa shape index (κ2) is 6.75. The molecule has 1 saturated carbocycles. The molecule has 1 aliphatic carbocycles. The van der Waals surface area contributed by atoms with Crippen molar-refractivity contribution >= 4 is 10.8 Å². The van der Waals surface area contributed by atoms with Gasteiger partial charge in [0.1, 0.15) is 0 Å². The zero-order chi connectivity index (χ0) is 12.1. The third-order valence-corrected chi connectivity index (χ3v) is 5.41. The standard InChI is InChI=1S/C13H27NOS/c1-10-6-5-7-11(2)13(10)14-9-8-12(3)16(4)15/h10-14H,5-9H2,1-4H3. The van der Waals surface area contributed by atoms with Crippen molar-refractivity contribution in [3.05, 3.63) is 0 Å². The first-order valence-electron chi connectivity index (χ1n) is 6.58. The third-order valence-electron chi connectivity index (χ3n) is 4.04. The topological polar surface area (TPSA) is 29.1 Å². The van der Waals surface area contributed by atoms with Gasteiger partial charge in [0.2, 0.25) is 0 Å².